The molecule has 1 N–H and O–H groups in total. The van der Waals surface area contributed by atoms with E-state index in [-0.39, 0.29) is 29.8 Å². The van der Waals surface area contributed by atoms with E-state index in [0.717, 1.165) is 6.07 Å². The quantitative estimate of drug-likeness (QED) is 0.546. The molecule has 1 aromatic carbocycles. The van der Waals surface area contributed by atoms with Crippen molar-refractivity contribution in [3.8, 4) is 6.01 Å². The minimum absolute atomic E-state index is 0.0252. The van der Waals surface area contributed by atoms with Crippen LogP contribution in [0, 0.1) is 0 Å². The molecular formula is C22H20F3N5O3S. The Morgan fingerprint density at radius 2 is 2.06 bits per heavy atom. The number of pyridine rings is 1. The molecule has 2 aliphatic rings. The van der Waals surface area contributed by atoms with Crippen molar-refractivity contribution < 1.29 is 26.3 Å². The Hall–Kier alpha value is -3.41. The van der Waals surface area contributed by atoms with Crippen LogP contribution in [0.1, 0.15) is 36.1 Å². The van der Waals surface area contributed by atoms with Crippen LogP contribution in [0.25, 0.3) is 17.0 Å². The van der Waals surface area contributed by atoms with Gasteiger partial charge in [0.2, 0.25) is 10.0 Å². The van der Waals surface area contributed by atoms with E-state index in [1.54, 1.807) is 19.1 Å². The van der Waals surface area contributed by atoms with Gasteiger partial charge in [-0.3, -0.25) is 4.31 Å². The molecule has 2 aliphatic heterocycles. The monoisotopic (exact) mass is 491 g/mol. The van der Waals surface area contributed by atoms with Crippen molar-refractivity contribution in [1.29, 1.82) is 0 Å². The summed E-state index contributed by atoms with van der Waals surface area (Å²) in [6, 6.07) is 5.06. The summed E-state index contributed by atoms with van der Waals surface area (Å²) in [5.41, 5.74) is 0.129. The van der Waals surface area contributed by atoms with Crippen LogP contribution in [-0.2, 0) is 16.2 Å². The smallest absolute Gasteiger partial charge is 0.416 e. The number of anilines is 2. The Balaban J connectivity index is 1.64. The lowest BCUT2D eigenvalue weighted by Crippen LogP contribution is -2.26. The van der Waals surface area contributed by atoms with Crippen LogP contribution in [0.4, 0.5) is 24.8 Å². The molecule has 0 spiro atoms. The molecule has 12 heteroatoms. The standard InChI is InChI=1S/C22H20F3N5O3S/c1-13-14-5-2-7-17(22(23,24)25)15(14)6-3-9-33-21-28-18-12-26-19(11-16(18)20(27-13)29-21)30-8-4-10-34(30,31)32/h2-3,5-7,11-13H,4,8-10H2,1H3,(H,27,28,29)/b6-3-/t13-/m1/s1. The highest BCUT2D eigenvalue weighted by Crippen LogP contribution is 2.37. The molecule has 5 rings (SSSR count). The van der Waals surface area contributed by atoms with Gasteiger partial charge in [-0.15, -0.1) is 0 Å². The van der Waals surface area contributed by atoms with Crippen LogP contribution in [0.2, 0.25) is 0 Å². The summed E-state index contributed by atoms with van der Waals surface area (Å²) in [4.78, 5) is 13.0. The number of alkyl halides is 3. The molecule has 34 heavy (non-hydrogen) atoms. The van der Waals surface area contributed by atoms with Gasteiger partial charge in [0.15, 0.2) is 0 Å². The summed E-state index contributed by atoms with van der Waals surface area (Å²) < 4.78 is 72.6. The van der Waals surface area contributed by atoms with Gasteiger partial charge in [-0.2, -0.15) is 23.1 Å². The second kappa shape index (κ2) is 8.12. The second-order valence-corrected chi connectivity index (χ2v) is 10.1. The summed E-state index contributed by atoms with van der Waals surface area (Å²) in [5, 5.41) is 3.65. The molecule has 1 fully saturated rings. The summed E-state index contributed by atoms with van der Waals surface area (Å²) >= 11 is 0. The maximum Gasteiger partial charge on any atom is 0.416 e. The number of nitrogens with one attached hydrogen (secondary N) is 1. The number of ether oxygens (including phenoxy) is 1. The van der Waals surface area contributed by atoms with Crippen molar-refractivity contribution >= 4 is 38.6 Å². The van der Waals surface area contributed by atoms with Crippen molar-refractivity contribution in [2.45, 2.75) is 25.6 Å². The van der Waals surface area contributed by atoms with Gasteiger partial charge in [-0.25, -0.2) is 13.4 Å². The van der Waals surface area contributed by atoms with Gasteiger partial charge < -0.3 is 10.1 Å². The molecule has 0 saturated carbocycles. The SMILES string of the molecule is C[C@H]1Nc2nc(nc3cnc(N4CCCS4(=O)=O)cc23)OC/C=C\c2c1cccc2C(F)(F)F. The molecule has 0 radical (unpaired) electrons. The van der Waals surface area contributed by atoms with E-state index in [0.29, 0.717) is 35.2 Å². The zero-order valence-corrected chi connectivity index (χ0v) is 18.8. The Kier molecular flexibility index (Phi) is 5.34. The van der Waals surface area contributed by atoms with Crippen LogP contribution in [0.15, 0.2) is 36.5 Å². The number of sulfonamides is 1. The minimum Gasteiger partial charge on any atom is -0.459 e. The number of halogens is 3. The number of fused-ring (bicyclic) bond motifs is 5. The first-order valence-corrected chi connectivity index (χ1v) is 12.2. The van der Waals surface area contributed by atoms with Gasteiger partial charge in [0, 0.05) is 11.9 Å². The zero-order valence-electron chi connectivity index (χ0n) is 18.0. The maximum absolute atomic E-state index is 13.7. The normalized spacial score (nSPS) is 20.7. The topological polar surface area (TPSA) is 97.3 Å². The highest BCUT2D eigenvalue weighted by molar-refractivity contribution is 7.93. The molecule has 2 aromatic heterocycles. The molecule has 1 saturated heterocycles. The van der Waals surface area contributed by atoms with E-state index in [2.05, 4.69) is 20.3 Å². The molecule has 178 valence electrons. The van der Waals surface area contributed by atoms with Gasteiger partial charge in [0.25, 0.3) is 0 Å². The van der Waals surface area contributed by atoms with E-state index < -0.39 is 27.8 Å². The molecule has 0 amide bonds. The van der Waals surface area contributed by atoms with E-state index >= 15 is 0 Å². The third-order valence-corrected chi connectivity index (χ3v) is 7.61. The Bertz CT molecular complexity index is 1410. The average Bonchev–Trinajstić information content (AvgIpc) is 3.13. The van der Waals surface area contributed by atoms with E-state index in [1.165, 1.54) is 28.7 Å². The Labute approximate surface area is 193 Å². The van der Waals surface area contributed by atoms with Gasteiger partial charge in [0.1, 0.15) is 18.2 Å². The van der Waals surface area contributed by atoms with Crippen LogP contribution in [-0.4, -0.2) is 42.3 Å². The number of rotatable bonds is 1. The predicted molar refractivity (Wildman–Crippen MR) is 121 cm³/mol. The molecule has 0 aliphatic carbocycles. The highest BCUT2D eigenvalue weighted by atomic mass is 32.2. The van der Waals surface area contributed by atoms with E-state index in [4.69, 9.17) is 4.74 Å². The van der Waals surface area contributed by atoms with Crippen molar-refractivity contribution in [2.24, 2.45) is 0 Å². The highest BCUT2D eigenvalue weighted by Gasteiger charge is 2.34. The first kappa shape index (κ1) is 22.4. The van der Waals surface area contributed by atoms with Crippen molar-refractivity contribution in [1.82, 2.24) is 15.0 Å². The Morgan fingerprint density at radius 1 is 1.24 bits per heavy atom. The number of benzene rings is 1. The first-order valence-electron chi connectivity index (χ1n) is 10.6. The molecule has 3 aromatic rings. The number of aromatic nitrogens is 3. The summed E-state index contributed by atoms with van der Waals surface area (Å²) in [5.74, 6) is 0.588. The van der Waals surface area contributed by atoms with Crippen LogP contribution < -0.4 is 14.4 Å². The van der Waals surface area contributed by atoms with Gasteiger partial charge in [-0.05, 0) is 42.7 Å². The van der Waals surface area contributed by atoms with Crippen LogP contribution >= 0.6 is 0 Å². The molecule has 4 heterocycles. The third kappa shape index (κ3) is 4.02. The molecule has 1 atom stereocenters. The Morgan fingerprint density at radius 3 is 2.79 bits per heavy atom. The lowest BCUT2D eigenvalue weighted by Gasteiger charge is -2.21. The van der Waals surface area contributed by atoms with Gasteiger partial charge in [0.05, 0.1) is 29.1 Å². The summed E-state index contributed by atoms with van der Waals surface area (Å²) in [7, 11) is -3.45. The molecule has 8 nitrogen and oxygen atoms in total. The van der Waals surface area contributed by atoms with Gasteiger partial charge in [-0.1, -0.05) is 18.2 Å². The van der Waals surface area contributed by atoms with Crippen molar-refractivity contribution in [2.75, 3.05) is 28.5 Å². The lowest BCUT2D eigenvalue weighted by molar-refractivity contribution is -0.137. The maximum atomic E-state index is 13.7. The summed E-state index contributed by atoms with van der Waals surface area (Å²) in [6.07, 6.45) is 0.288. The van der Waals surface area contributed by atoms with Crippen molar-refractivity contribution in [3.63, 3.8) is 0 Å². The average molecular weight is 491 g/mol. The fourth-order valence-electron chi connectivity index (χ4n) is 4.17. The number of nitrogens with zero attached hydrogens (tertiary/aromatic N) is 4. The van der Waals surface area contributed by atoms with Gasteiger partial charge >= 0.3 is 12.2 Å². The van der Waals surface area contributed by atoms with Crippen LogP contribution in [0.3, 0.4) is 0 Å². The zero-order chi connectivity index (χ0) is 24.1. The third-order valence-electron chi connectivity index (χ3n) is 5.76. The summed E-state index contributed by atoms with van der Waals surface area (Å²) in [6.45, 7) is 2.01. The largest absolute Gasteiger partial charge is 0.459 e. The molecule has 0 unspecified atom stereocenters. The predicted octanol–water partition coefficient (Wildman–Crippen LogP) is 4.16. The second-order valence-electron chi connectivity index (χ2n) is 8.04. The fraction of sp³-hybridized carbons (Fsp3) is 0.318. The number of hydrogen-bond acceptors (Lipinski definition) is 7. The molecular weight excluding hydrogens is 471 g/mol. The van der Waals surface area contributed by atoms with Crippen LogP contribution in [0.5, 0.6) is 6.01 Å². The molecule has 2 bridgehead atoms. The fourth-order valence-corrected chi connectivity index (χ4v) is 5.68. The minimum atomic E-state index is -4.53. The van der Waals surface area contributed by atoms with E-state index in [1.807, 2.05) is 0 Å². The number of hydrogen-bond donors (Lipinski definition) is 1. The lowest BCUT2D eigenvalue weighted by atomic mass is 9.95. The first-order chi connectivity index (χ1) is 16.1. The van der Waals surface area contributed by atoms with Crippen molar-refractivity contribution in [3.05, 3.63) is 53.2 Å². The van der Waals surface area contributed by atoms with E-state index in [9.17, 15) is 21.6 Å².